The van der Waals surface area contributed by atoms with Crippen LogP contribution in [0.4, 0.5) is 0 Å². The van der Waals surface area contributed by atoms with Crippen LogP contribution in [0.3, 0.4) is 0 Å². The highest BCUT2D eigenvalue weighted by atomic mass is 79.9. The van der Waals surface area contributed by atoms with Gasteiger partial charge >= 0.3 is 0 Å². The number of hydrazine groups is 1. The first-order valence-corrected chi connectivity index (χ1v) is 9.35. The fourth-order valence-corrected chi connectivity index (χ4v) is 3.28. The number of halogens is 1. The molecular weight excluding hydrogens is 372 g/mol. The third kappa shape index (κ3) is 6.51. The van der Waals surface area contributed by atoms with E-state index in [1.54, 1.807) is 19.1 Å². The minimum absolute atomic E-state index is 0.149. The first kappa shape index (κ1) is 18.8. The quantitative estimate of drug-likeness (QED) is 0.719. The van der Waals surface area contributed by atoms with Crippen molar-refractivity contribution >= 4 is 27.7 Å². The maximum atomic E-state index is 12.0. The van der Waals surface area contributed by atoms with Gasteiger partial charge in [-0.3, -0.25) is 20.4 Å². The smallest absolute Gasteiger partial charge is 0.279 e. The zero-order chi connectivity index (χ0) is 17.4. The van der Waals surface area contributed by atoms with Crippen molar-refractivity contribution in [2.24, 2.45) is 5.92 Å². The molecule has 1 aliphatic rings. The van der Waals surface area contributed by atoms with Crippen molar-refractivity contribution in [3.8, 4) is 5.75 Å². The molecule has 0 bridgehead atoms. The van der Waals surface area contributed by atoms with Crippen LogP contribution in [0.1, 0.15) is 51.9 Å². The Labute approximate surface area is 151 Å². The maximum Gasteiger partial charge on any atom is 0.279 e. The summed E-state index contributed by atoms with van der Waals surface area (Å²) >= 11 is 3.35. The molecule has 132 valence electrons. The summed E-state index contributed by atoms with van der Waals surface area (Å²) in [6, 6.07) is 7.27. The summed E-state index contributed by atoms with van der Waals surface area (Å²) in [6.07, 6.45) is 6.94. The summed E-state index contributed by atoms with van der Waals surface area (Å²) in [4.78, 5) is 23.8. The van der Waals surface area contributed by atoms with Crippen LogP contribution in [0.2, 0.25) is 0 Å². The van der Waals surface area contributed by atoms with Crippen LogP contribution in [0.15, 0.2) is 28.7 Å². The van der Waals surface area contributed by atoms with Crippen LogP contribution < -0.4 is 15.6 Å². The molecule has 2 N–H and O–H groups in total. The predicted octanol–water partition coefficient (Wildman–Crippen LogP) is 3.72. The van der Waals surface area contributed by atoms with Crippen LogP contribution in [-0.2, 0) is 9.59 Å². The van der Waals surface area contributed by atoms with Crippen molar-refractivity contribution in [1.82, 2.24) is 10.9 Å². The van der Waals surface area contributed by atoms with Gasteiger partial charge in [-0.1, -0.05) is 54.1 Å². The van der Waals surface area contributed by atoms with E-state index in [1.165, 1.54) is 32.1 Å². The topological polar surface area (TPSA) is 67.4 Å². The molecule has 0 aromatic heterocycles. The second-order valence-electron chi connectivity index (χ2n) is 6.30. The Morgan fingerprint density at radius 1 is 1.25 bits per heavy atom. The average molecular weight is 397 g/mol. The molecule has 1 atom stereocenters. The van der Waals surface area contributed by atoms with Crippen LogP contribution >= 0.6 is 15.9 Å². The number of hydrogen-bond acceptors (Lipinski definition) is 3. The molecule has 24 heavy (non-hydrogen) atoms. The standard InChI is InChI=1S/C18H25BrN2O3/c1-13(24-16-9-5-8-15(19)12-16)18(23)21-20-17(22)11-10-14-6-3-2-4-7-14/h5,8-9,12-14H,2-4,6-7,10-11H2,1H3,(H,20,22)(H,21,23). The number of carbonyl (C=O) groups excluding carboxylic acids is 2. The minimum atomic E-state index is -0.696. The monoisotopic (exact) mass is 396 g/mol. The minimum Gasteiger partial charge on any atom is -0.481 e. The molecule has 0 radical (unpaired) electrons. The highest BCUT2D eigenvalue weighted by Crippen LogP contribution is 2.27. The van der Waals surface area contributed by atoms with Crippen LogP contribution in [-0.4, -0.2) is 17.9 Å². The molecule has 1 aromatic rings. The lowest BCUT2D eigenvalue weighted by atomic mass is 9.86. The van der Waals surface area contributed by atoms with Crippen molar-refractivity contribution in [3.05, 3.63) is 28.7 Å². The van der Waals surface area contributed by atoms with Crippen molar-refractivity contribution in [3.63, 3.8) is 0 Å². The van der Waals surface area contributed by atoms with E-state index >= 15 is 0 Å². The summed E-state index contributed by atoms with van der Waals surface area (Å²) in [5, 5.41) is 0. The second kappa shape index (κ2) is 9.67. The van der Waals surface area contributed by atoms with Gasteiger partial charge in [0.25, 0.3) is 5.91 Å². The van der Waals surface area contributed by atoms with E-state index in [-0.39, 0.29) is 11.8 Å². The molecule has 0 heterocycles. The van der Waals surface area contributed by atoms with Gasteiger partial charge in [-0.15, -0.1) is 0 Å². The van der Waals surface area contributed by atoms with Crippen molar-refractivity contribution in [1.29, 1.82) is 0 Å². The van der Waals surface area contributed by atoms with Gasteiger partial charge in [0, 0.05) is 10.9 Å². The largest absolute Gasteiger partial charge is 0.481 e. The van der Waals surface area contributed by atoms with E-state index in [1.807, 2.05) is 12.1 Å². The number of ether oxygens (including phenoxy) is 1. The molecule has 0 saturated heterocycles. The zero-order valence-corrected chi connectivity index (χ0v) is 15.6. The number of benzene rings is 1. The lowest BCUT2D eigenvalue weighted by Gasteiger charge is -2.21. The SMILES string of the molecule is CC(Oc1cccc(Br)c1)C(=O)NNC(=O)CCC1CCCCC1. The normalized spacial score (nSPS) is 16.2. The first-order valence-electron chi connectivity index (χ1n) is 8.55. The van der Waals surface area contributed by atoms with Gasteiger partial charge in [0.15, 0.2) is 6.10 Å². The Morgan fingerprint density at radius 3 is 2.71 bits per heavy atom. The highest BCUT2D eigenvalue weighted by Gasteiger charge is 2.17. The number of carbonyl (C=O) groups is 2. The van der Waals surface area contributed by atoms with E-state index in [4.69, 9.17) is 4.74 Å². The van der Waals surface area contributed by atoms with Crippen LogP contribution in [0.25, 0.3) is 0 Å². The Kier molecular flexibility index (Phi) is 7.56. The fourth-order valence-electron chi connectivity index (χ4n) is 2.90. The lowest BCUT2D eigenvalue weighted by Crippen LogP contribution is -2.47. The summed E-state index contributed by atoms with van der Waals surface area (Å²) in [5.74, 6) is 0.721. The number of amides is 2. The maximum absolute atomic E-state index is 12.0. The summed E-state index contributed by atoms with van der Waals surface area (Å²) in [6.45, 7) is 1.64. The summed E-state index contributed by atoms with van der Waals surface area (Å²) < 4.78 is 6.43. The van der Waals surface area contributed by atoms with Crippen molar-refractivity contribution in [2.45, 2.75) is 58.0 Å². The molecular formula is C18H25BrN2O3. The average Bonchev–Trinajstić information content (AvgIpc) is 2.58. The Balaban J connectivity index is 1.66. The van der Waals surface area contributed by atoms with Gasteiger partial charge in [0.2, 0.25) is 5.91 Å². The molecule has 1 aliphatic carbocycles. The van der Waals surface area contributed by atoms with E-state index < -0.39 is 6.10 Å². The van der Waals surface area contributed by atoms with Crippen LogP contribution in [0.5, 0.6) is 5.75 Å². The first-order chi connectivity index (χ1) is 11.5. The Morgan fingerprint density at radius 2 is 2.00 bits per heavy atom. The molecule has 2 amide bonds. The van der Waals surface area contributed by atoms with E-state index in [0.29, 0.717) is 18.1 Å². The molecule has 0 spiro atoms. The van der Waals surface area contributed by atoms with Crippen molar-refractivity contribution in [2.75, 3.05) is 0 Å². The van der Waals surface area contributed by atoms with Gasteiger partial charge in [-0.2, -0.15) is 0 Å². The highest BCUT2D eigenvalue weighted by molar-refractivity contribution is 9.10. The van der Waals surface area contributed by atoms with Gasteiger partial charge in [-0.25, -0.2) is 0 Å². The molecule has 5 nitrogen and oxygen atoms in total. The molecule has 1 unspecified atom stereocenters. The Hall–Kier alpha value is -1.56. The molecule has 6 heteroatoms. The summed E-state index contributed by atoms with van der Waals surface area (Å²) in [5.41, 5.74) is 4.90. The third-order valence-corrected chi connectivity index (χ3v) is 4.80. The number of hydrogen-bond donors (Lipinski definition) is 2. The zero-order valence-electron chi connectivity index (χ0n) is 14.0. The fraction of sp³-hybridized carbons (Fsp3) is 0.556. The van der Waals surface area contributed by atoms with Crippen molar-refractivity contribution < 1.29 is 14.3 Å². The Bertz CT molecular complexity index is 559. The predicted molar refractivity (Wildman–Crippen MR) is 96.3 cm³/mol. The van der Waals surface area contributed by atoms with E-state index in [9.17, 15) is 9.59 Å². The van der Waals surface area contributed by atoms with Gasteiger partial charge in [0.1, 0.15) is 5.75 Å². The van der Waals surface area contributed by atoms with Gasteiger partial charge in [-0.05, 0) is 37.5 Å². The molecule has 0 aliphatic heterocycles. The molecule has 2 rings (SSSR count). The van der Waals surface area contributed by atoms with Gasteiger partial charge in [0.05, 0.1) is 0 Å². The van der Waals surface area contributed by atoms with E-state index in [0.717, 1.165) is 10.9 Å². The molecule has 1 fully saturated rings. The second-order valence-corrected chi connectivity index (χ2v) is 7.21. The molecule has 1 aromatic carbocycles. The van der Waals surface area contributed by atoms with Gasteiger partial charge < -0.3 is 4.74 Å². The third-order valence-electron chi connectivity index (χ3n) is 4.31. The van der Waals surface area contributed by atoms with Crippen LogP contribution in [0, 0.1) is 5.92 Å². The van der Waals surface area contributed by atoms with E-state index in [2.05, 4.69) is 26.8 Å². The summed E-state index contributed by atoms with van der Waals surface area (Å²) in [7, 11) is 0. The number of nitrogens with one attached hydrogen (secondary N) is 2. The molecule has 1 saturated carbocycles. The lowest BCUT2D eigenvalue weighted by molar-refractivity contribution is -0.132. The number of rotatable bonds is 6.